The minimum atomic E-state index is -0.137. The Balaban J connectivity index is 1.93. The van der Waals surface area contributed by atoms with Crippen LogP contribution in [0.25, 0.3) is 5.69 Å². The smallest absolute Gasteiger partial charge is 0.259 e. The first-order chi connectivity index (χ1) is 11.6. The van der Waals surface area contributed by atoms with E-state index in [0.717, 1.165) is 29.1 Å². The Morgan fingerprint density at radius 1 is 1.08 bits per heavy atom. The number of hydrogen-bond acceptors (Lipinski definition) is 2. The fraction of sp³-hybridized carbons (Fsp3) is 0.200. The standard InChI is InChI=1S/C20H21N3O/c1-4-16-10-6-8-12-19(16)23-15(3)17(13-21-23)20(24)22-18-11-7-5-9-14(18)2/h5-13H,4H2,1-3H3,(H,22,24). The summed E-state index contributed by atoms with van der Waals surface area (Å²) >= 11 is 0. The molecule has 3 aromatic rings. The van der Waals surface area contributed by atoms with Gasteiger partial charge in [-0.3, -0.25) is 4.79 Å². The molecule has 3 rings (SSSR count). The van der Waals surface area contributed by atoms with Gasteiger partial charge < -0.3 is 5.32 Å². The van der Waals surface area contributed by atoms with Crippen molar-refractivity contribution in [1.82, 2.24) is 9.78 Å². The molecule has 24 heavy (non-hydrogen) atoms. The average Bonchev–Trinajstić information content (AvgIpc) is 2.98. The molecule has 0 unspecified atom stereocenters. The van der Waals surface area contributed by atoms with E-state index >= 15 is 0 Å². The Morgan fingerprint density at radius 3 is 2.54 bits per heavy atom. The van der Waals surface area contributed by atoms with Gasteiger partial charge in [0.25, 0.3) is 5.91 Å². The summed E-state index contributed by atoms with van der Waals surface area (Å²) in [6.45, 7) is 6.01. The van der Waals surface area contributed by atoms with Gasteiger partial charge >= 0.3 is 0 Å². The van der Waals surface area contributed by atoms with Gasteiger partial charge in [-0.2, -0.15) is 5.10 Å². The van der Waals surface area contributed by atoms with E-state index in [1.807, 2.05) is 61.0 Å². The number of aryl methyl sites for hydroxylation is 2. The van der Waals surface area contributed by atoms with Gasteiger partial charge in [-0.1, -0.05) is 43.3 Å². The number of carbonyl (C=O) groups excluding carboxylic acids is 1. The van der Waals surface area contributed by atoms with Crippen LogP contribution in [0.4, 0.5) is 5.69 Å². The van der Waals surface area contributed by atoms with Crippen LogP contribution in [0.15, 0.2) is 54.7 Å². The molecule has 0 aliphatic heterocycles. The minimum Gasteiger partial charge on any atom is -0.322 e. The molecule has 2 aromatic carbocycles. The zero-order valence-electron chi connectivity index (χ0n) is 14.2. The molecule has 1 heterocycles. The minimum absolute atomic E-state index is 0.137. The van der Waals surface area contributed by atoms with Crippen molar-refractivity contribution in [3.63, 3.8) is 0 Å². The highest BCUT2D eigenvalue weighted by Crippen LogP contribution is 2.20. The van der Waals surface area contributed by atoms with Gasteiger partial charge in [0.2, 0.25) is 0 Å². The van der Waals surface area contributed by atoms with Gasteiger partial charge in [-0.25, -0.2) is 4.68 Å². The van der Waals surface area contributed by atoms with Crippen molar-refractivity contribution in [1.29, 1.82) is 0 Å². The number of amides is 1. The zero-order chi connectivity index (χ0) is 17.1. The van der Waals surface area contributed by atoms with Crippen LogP contribution in [0, 0.1) is 13.8 Å². The third-order valence-corrected chi connectivity index (χ3v) is 4.25. The number of nitrogens with one attached hydrogen (secondary N) is 1. The molecule has 0 spiro atoms. The van der Waals surface area contributed by atoms with E-state index in [4.69, 9.17) is 0 Å². The maximum atomic E-state index is 12.6. The number of para-hydroxylation sites is 2. The number of anilines is 1. The summed E-state index contributed by atoms with van der Waals surface area (Å²) < 4.78 is 1.84. The number of rotatable bonds is 4. The summed E-state index contributed by atoms with van der Waals surface area (Å²) in [5, 5.41) is 7.40. The molecule has 4 nitrogen and oxygen atoms in total. The third kappa shape index (κ3) is 2.95. The Labute approximate surface area is 142 Å². The van der Waals surface area contributed by atoms with Crippen molar-refractivity contribution in [3.8, 4) is 5.69 Å². The summed E-state index contributed by atoms with van der Waals surface area (Å²) in [5.41, 5.74) is 5.50. The summed E-state index contributed by atoms with van der Waals surface area (Å²) in [6.07, 6.45) is 2.55. The van der Waals surface area contributed by atoms with E-state index in [0.29, 0.717) is 5.56 Å². The van der Waals surface area contributed by atoms with Gasteiger partial charge in [0.15, 0.2) is 0 Å². The van der Waals surface area contributed by atoms with Crippen molar-refractivity contribution in [2.24, 2.45) is 0 Å². The summed E-state index contributed by atoms with van der Waals surface area (Å²) in [7, 11) is 0. The molecule has 0 saturated heterocycles. The molecule has 122 valence electrons. The molecule has 0 bridgehead atoms. The SMILES string of the molecule is CCc1ccccc1-n1ncc(C(=O)Nc2ccccc2C)c1C. The molecule has 0 fully saturated rings. The van der Waals surface area contributed by atoms with Crippen LogP contribution in [0.3, 0.4) is 0 Å². The lowest BCUT2D eigenvalue weighted by molar-refractivity contribution is 0.102. The van der Waals surface area contributed by atoms with Gasteiger partial charge in [-0.05, 0) is 43.5 Å². The predicted octanol–water partition coefficient (Wildman–Crippen LogP) is 4.30. The molecular weight excluding hydrogens is 298 g/mol. The molecule has 0 radical (unpaired) electrons. The highest BCUT2D eigenvalue weighted by atomic mass is 16.1. The van der Waals surface area contributed by atoms with Crippen LogP contribution in [-0.4, -0.2) is 15.7 Å². The van der Waals surface area contributed by atoms with Crippen LogP contribution < -0.4 is 5.32 Å². The second-order valence-electron chi connectivity index (χ2n) is 5.81. The molecule has 1 amide bonds. The number of carbonyl (C=O) groups is 1. The fourth-order valence-electron chi connectivity index (χ4n) is 2.79. The second kappa shape index (κ2) is 6.71. The van der Waals surface area contributed by atoms with Gasteiger partial charge in [0, 0.05) is 5.69 Å². The van der Waals surface area contributed by atoms with Crippen molar-refractivity contribution < 1.29 is 4.79 Å². The summed E-state index contributed by atoms with van der Waals surface area (Å²) in [6, 6.07) is 15.9. The quantitative estimate of drug-likeness (QED) is 0.779. The highest BCUT2D eigenvalue weighted by Gasteiger charge is 2.16. The lowest BCUT2D eigenvalue weighted by Gasteiger charge is -2.11. The third-order valence-electron chi connectivity index (χ3n) is 4.25. The molecule has 0 saturated carbocycles. The topological polar surface area (TPSA) is 46.9 Å². The molecule has 1 N–H and O–H groups in total. The number of benzene rings is 2. The maximum Gasteiger partial charge on any atom is 0.259 e. The monoisotopic (exact) mass is 319 g/mol. The fourth-order valence-corrected chi connectivity index (χ4v) is 2.79. The lowest BCUT2D eigenvalue weighted by Crippen LogP contribution is -2.14. The summed E-state index contributed by atoms with van der Waals surface area (Å²) in [5.74, 6) is -0.137. The van der Waals surface area contributed by atoms with E-state index < -0.39 is 0 Å². The molecule has 1 aromatic heterocycles. The molecule has 0 atom stereocenters. The Hall–Kier alpha value is -2.88. The van der Waals surface area contributed by atoms with Gasteiger partial charge in [-0.15, -0.1) is 0 Å². The van der Waals surface area contributed by atoms with Crippen LogP contribution >= 0.6 is 0 Å². The first kappa shape index (κ1) is 16.0. The van der Waals surface area contributed by atoms with Crippen LogP contribution in [0.2, 0.25) is 0 Å². The lowest BCUT2D eigenvalue weighted by atomic mass is 10.1. The van der Waals surface area contributed by atoms with Crippen LogP contribution in [0.1, 0.15) is 34.1 Å². The maximum absolute atomic E-state index is 12.6. The number of aromatic nitrogens is 2. The van der Waals surface area contributed by atoms with Crippen LogP contribution in [-0.2, 0) is 6.42 Å². The average molecular weight is 319 g/mol. The molecule has 0 aliphatic rings. The Morgan fingerprint density at radius 2 is 1.79 bits per heavy atom. The number of hydrogen-bond donors (Lipinski definition) is 1. The van der Waals surface area contributed by atoms with Gasteiger partial charge in [0.1, 0.15) is 0 Å². The Bertz CT molecular complexity index is 880. The van der Waals surface area contributed by atoms with Gasteiger partial charge in [0.05, 0.1) is 23.1 Å². The molecular formula is C20H21N3O. The zero-order valence-corrected chi connectivity index (χ0v) is 14.2. The number of nitrogens with zero attached hydrogens (tertiary/aromatic N) is 2. The normalized spacial score (nSPS) is 10.6. The van der Waals surface area contributed by atoms with Crippen molar-refractivity contribution in [3.05, 3.63) is 77.1 Å². The highest BCUT2D eigenvalue weighted by molar-refractivity contribution is 6.05. The van der Waals surface area contributed by atoms with E-state index in [-0.39, 0.29) is 5.91 Å². The predicted molar refractivity (Wildman–Crippen MR) is 96.8 cm³/mol. The van der Waals surface area contributed by atoms with E-state index in [1.54, 1.807) is 6.20 Å². The largest absolute Gasteiger partial charge is 0.322 e. The molecule has 4 heteroatoms. The van der Waals surface area contributed by atoms with Crippen molar-refractivity contribution in [2.45, 2.75) is 27.2 Å². The van der Waals surface area contributed by atoms with Crippen molar-refractivity contribution >= 4 is 11.6 Å². The second-order valence-corrected chi connectivity index (χ2v) is 5.81. The van der Waals surface area contributed by atoms with E-state index in [1.165, 1.54) is 5.56 Å². The first-order valence-corrected chi connectivity index (χ1v) is 8.11. The summed E-state index contributed by atoms with van der Waals surface area (Å²) in [4.78, 5) is 12.6. The van der Waals surface area contributed by atoms with E-state index in [9.17, 15) is 4.79 Å². The Kier molecular flexibility index (Phi) is 4.47. The van der Waals surface area contributed by atoms with E-state index in [2.05, 4.69) is 23.4 Å². The van der Waals surface area contributed by atoms with Crippen LogP contribution in [0.5, 0.6) is 0 Å². The van der Waals surface area contributed by atoms with Crippen molar-refractivity contribution in [2.75, 3.05) is 5.32 Å². The first-order valence-electron chi connectivity index (χ1n) is 8.11. The molecule has 0 aliphatic carbocycles.